The molecule has 2 heterocycles. The van der Waals surface area contributed by atoms with Crippen LogP contribution >= 0.6 is 0 Å². The van der Waals surface area contributed by atoms with Crippen molar-refractivity contribution >= 4 is 16.9 Å². The van der Waals surface area contributed by atoms with Gasteiger partial charge < -0.3 is 14.5 Å². The molecule has 1 aromatic carbocycles. The molecule has 1 aliphatic rings. The molecule has 1 aliphatic heterocycles. The van der Waals surface area contributed by atoms with Gasteiger partial charge in [-0.25, -0.2) is 4.39 Å². The van der Waals surface area contributed by atoms with Crippen LogP contribution in [-0.2, 0) is 26.3 Å². The van der Waals surface area contributed by atoms with Gasteiger partial charge in [0, 0.05) is 10.9 Å². The van der Waals surface area contributed by atoms with Crippen molar-refractivity contribution in [3.05, 3.63) is 35.3 Å². The first-order valence-electron chi connectivity index (χ1n) is 7.70. The maximum absolute atomic E-state index is 13.5. The number of hydrogen-bond donors (Lipinski definition) is 1. The van der Waals surface area contributed by atoms with Crippen LogP contribution in [0.2, 0.25) is 0 Å². The zero-order chi connectivity index (χ0) is 15.7. The number of ether oxygens (including phenoxy) is 2. The van der Waals surface area contributed by atoms with E-state index in [2.05, 4.69) is 4.98 Å². The molecule has 1 aromatic heterocycles. The van der Waals surface area contributed by atoms with E-state index in [1.54, 1.807) is 19.1 Å². The number of aromatic nitrogens is 1. The Balaban J connectivity index is 2.09. The van der Waals surface area contributed by atoms with Crippen LogP contribution in [0.25, 0.3) is 10.9 Å². The Morgan fingerprint density at radius 2 is 2.27 bits per heavy atom. The van der Waals surface area contributed by atoms with Crippen LogP contribution in [0.15, 0.2) is 18.2 Å². The topological polar surface area (TPSA) is 51.3 Å². The first-order chi connectivity index (χ1) is 10.6. The summed E-state index contributed by atoms with van der Waals surface area (Å²) >= 11 is 0. The van der Waals surface area contributed by atoms with Crippen LogP contribution in [0.3, 0.4) is 0 Å². The third kappa shape index (κ3) is 2.39. The molecule has 0 fully saturated rings. The quantitative estimate of drug-likeness (QED) is 0.880. The number of hydrogen-bond acceptors (Lipinski definition) is 3. The van der Waals surface area contributed by atoms with E-state index >= 15 is 0 Å². The number of benzene rings is 1. The Morgan fingerprint density at radius 1 is 1.45 bits per heavy atom. The molecule has 0 saturated carbocycles. The predicted octanol–water partition coefficient (Wildman–Crippen LogP) is 3.44. The second-order valence-corrected chi connectivity index (χ2v) is 5.60. The molecule has 118 valence electrons. The van der Waals surface area contributed by atoms with Gasteiger partial charge in [0.05, 0.1) is 25.3 Å². The van der Waals surface area contributed by atoms with Gasteiger partial charge in [0.15, 0.2) is 0 Å². The predicted molar refractivity (Wildman–Crippen MR) is 81.1 cm³/mol. The second kappa shape index (κ2) is 5.72. The van der Waals surface area contributed by atoms with Crippen LogP contribution in [0.5, 0.6) is 0 Å². The molecule has 0 radical (unpaired) electrons. The monoisotopic (exact) mass is 305 g/mol. The Bertz CT molecular complexity index is 709. The standard InChI is InChI=1S/C17H20FNO3/c1-3-17(10-15(20)21-4-2)16-12(7-8-22-17)13-9-11(18)5-6-14(13)19-16/h5-6,9,19H,3-4,7-8,10H2,1-2H3. The molecule has 0 spiro atoms. The van der Waals surface area contributed by atoms with E-state index in [0.717, 1.165) is 22.2 Å². The van der Waals surface area contributed by atoms with Gasteiger partial charge in [-0.05, 0) is 43.5 Å². The third-order valence-electron chi connectivity index (χ3n) is 4.36. The molecule has 5 heteroatoms. The molecule has 1 N–H and O–H groups in total. The normalized spacial score (nSPS) is 20.9. The Hall–Kier alpha value is -1.88. The highest BCUT2D eigenvalue weighted by Crippen LogP contribution is 2.41. The van der Waals surface area contributed by atoms with Gasteiger partial charge in [0.1, 0.15) is 11.4 Å². The summed E-state index contributed by atoms with van der Waals surface area (Å²) in [5, 5.41) is 0.875. The highest BCUT2D eigenvalue weighted by atomic mass is 19.1. The lowest BCUT2D eigenvalue weighted by molar-refractivity contribution is -0.154. The van der Waals surface area contributed by atoms with E-state index in [9.17, 15) is 9.18 Å². The lowest BCUT2D eigenvalue weighted by Crippen LogP contribution is -2.37. The maximum Gasteiger partial charge on any atom is 0.309 e. The first kappa shape index (κ1) is 15.0. The number of fused-ring (bicyclic) bond motifs is 3. The summed E-state index contributed by atoms with van der Waals surface area (Å²) in [6.45, 7) is 4.64. The molecular formula is C17H20FNO3. The summed E-state index contributed by atoms with van der Waals surface area (Å²) in [7, 11) is 0. The number of nitrogens with one attached hydrogen (secondary N) is 1. The minimum atomic E-state index is -0.713. The smallest absolute Gasteiger partial charge is 0.309 e. The molecule has 1 unspecified atom stereocenters. The average Bonchev–Trinajstić information content (AvgIpc) is 2.87. The Kier molecular flexibility index (Phi) is 3.91. The molecule has 3 rings (SSSR count). The van der Waals surface area contributed by atoms with Gasteiger partial charge in [0.2, 0.25) is 0 Å². The van der Waals surface area contributed by atoms with Crippen LogP contribution in [0, 0.1) is 5.82 Å². The number of carbonyl (C=O) groups is 1. The van der Waals surface area contributed by atoms with Crippen molar-refractivity contribution < 1.29 is 18.7 Å². The zero-order valence-electron chi connectivity index (χ0n) is 12.9. The van der Waals surface area contributed by atoms with Crippen molar-refractivity contribution in [3.63, 3.8) is 0 Å². The SMILES string of the molecule is CCOC(=O)CC1(CC)OCCc2c1[nH]c1ccc(F)cc21. The summed E-state index contributed by atoms with van der Waals surface area (Å²) in [5.74, 6) is -0.532. The minimum Gasteiger partial charge on any atom is -0.466 e. The van der Waals surface area contributed by atoms with Crippen LogP contribution < -0.4 is 0 Å². The molecule has 0 bridgehead atoms. The number of halogens is 1. The minimum absolute atomic E-state index is 0.166. The van der Waals surface area contributed by atoms with Gasteiger partial charge in [0.25, 0.3) is 0 Å². The van der Waals surface area contributed by atoms with Crippen LogP contribution in [-0.4, -0.2) is 24.2 Å². The van der Waals surface area contributed by atoms with E-state index in [1.165, 1.54) is 6.07 Å². The van der Waals surface area contributed by atoms with Gasteiger partial charge in [-0.1, -0.05) is 6.92 Å². The van der Waals surface area contributed by atoms with Crippen molar-refractivity contribution in [3.8, 4) is 0 Å². The summed E-state index contributed by atoms with van der Waals surface area (Å²) in [6.07, 6.45) is 1.52. The third-order valence-corrected chi connectivity index (χ3v) is 4.36. The fraction of sp³-hybridized carbons (Fsp3) is 0.471. The Labute approximate surface area is 128 Å². The molecule has 0 amide bonds. The average molecular weight is 305 g/mol. The van der Waals surface area contributed by atoms with Crippen LogP contribution in [0.1, 0.15) is 37.9 Å². The van der Waals surface area contributed by atoms with Gasteiger partial charge in [-0.2, -0.15) is 0 Å². The Morgan fingerprint density at radius 3 is 3.00 bits per heavy atom. The summed E-state index contributed by atoms with van der Waals surface area (Å²) in [6, 6.07) is 4.71. The van der Waals surface area contributed by atoms with E-state index in [-0.39, 0.29) is 18.2 Å². The van der Waals surface area contributed by atoms with Crippen molar-refractivity contribution in [1.29, 1.82) is 0 Å². The number of aromatic amines is 1. The highest BCUT2D eigenvalue weighted by Gasteiger charge is 2.41. The second-order valence-electron chi connectivity index (χ2n) is 5.60. The van der Waals surface area contributed by atoms with E-state index in [1.807, 2.05) is 6.92 Å². The zero-order valence-corrected chi connectivity index (χ0v) is 12.9. The lowest BCUT2D eigenvalue weighted by atomic mass is 9.86. The fourth-order valence-electron chi connectivity index (χ4n) is 3.28. The first-order valence-corrected chi connectivity index (χ1v) is 7.70. The molecule has 2 aromatic rings. The van der Waals surface area contributed by atoms with Crippen molar-refractivity contribution in [2.24, 2.45) is 0 Å². The number of esters is 1. The summed E-state index contributed by atoms with van der Waals surface area (Å²) in [4.78, 5) is 15.3. The van der Waals surface area contributed by atoms with Crippen molar-refractivity contribution in [2.75, 3.05) is 13.2 Å². The van der Waals surface area contributed by atoms with Crippen molar-refractivity contribution in [1.82, 2.24) is 4.98 Å². The fourth-order valence-corrected chi connectivity index (χ4v) is 3.28. The van der Waals surface area contributed by atoms with Gasteiger partial charge in [-0.3, -0.25) is 4.79 Å². The van der Waals surface area contributed by atoms with E-state index in [4.69, 9.17) is 9.47 Å². The largest absolute Gasteiger partial charge is 0.466 e. The maximum atomic E-state index is 13.5. The van der Waals surface area contributed by atoms with Crippen molar-refractivity contribution in [2.45, 2.75) is 38.7 Å². The van der Waals surface area contributed by atoms with Gasteiger partial charge in [-0.15, -0.1) is 0 Å². The molecule has 0 saturated heterocycles. The molecule has 1 atom stereocenters. The molecule has 22 heavy (non-hydrogen) atoms. The van der Waals surface area contributed by atoms with E-state index < -0.39 is 5.60 Å². The number of rotatable bonds is 4. The van der Waals surface area contributed by atoms with Gasteiger partial charge >= 0.3 is 5.97 Å². The number of H-pyrrole nitrogens is 1. The molecule has 4 nitrogen and oxygen atoms in total. The summed E-state index contributed by atoms with van der Waals surface area (Å²) < 4.78 is 24.6. The van der Waals surface area contributed by atoms with Crippen LogP contribution in [0.4, 0.5) is 4.39 Å². The number of carbonyl (C=O) groups excluding carboxylic acids is 1. The molecule has 0 aliphatic carbocycles. The molecular weight excluding hydrogens is 285 g/mol. The lowest BCUT2D eigenvalue weighted by Gasteiger charge is -2.36. The van der Waals surface area contributed by atoms with E-state index in [0.29, 0.717) is 26.1 Å². The highest BCUT2D eigenvalue weighted by molar-refractivity contribution is 5.86. The summed E-state index contributed by atoms with van der Waals surface area (Å²) in [5.41, 5.74) is 2.09.